The van der Waals surface area contributed by atoms with E-state index in [1.54, 1.807) is 11.9 Å². The average Bonchev–Trinajstić information content (AvgIpc) is 2.12. The van der Waals surface area contributed by atoms with E-state index < -0.39 is 0 Å². The third-order valence-electron chi connectivity index (χ3n) is 2.21. The Morgan fingerprint density at radius 1 is 1.18 bits per heavy atom. The summed E-state index contributed by atoms with van der Waals surface area (Å²) in [5, 5.41) is 18.7. The summed E-state index contributed by atoms with van der Waals surface area (Å²) in [6, 6.07) is 3.89. The molecule has 1 aromatic carbocycles. The molecular formula is C13H19NO3. The van der Waals surface area contributed by atoms with Crippen molar-refractivity contribution >= 4 is 5.91 Å². The van der Waals surface area contributed by atoms with Gasteiger partial charge in [-0.2, -0.15) is 0 Å². The van der Waals surface area contributed by atoms with Gasteiger partial charge in [-0.05, 0) is 17.5 Å². The van der Waals surface area contributed by atoms with E-state index in [4.69, 9.17) is 0 Å². The van der Waals surface area contributed by atoms with Crippen LogP contribution in [-0.4, -0.2) is 34.6 Å². The lowest BCUT2D eigenvalue weighted by atomic mass is 9.96. The highest BCUT2D eigenvalue weighted by Gasteiger charge is 2.19. The number of hydrogen-bond donors (Lipinski definition) is 2. The van der Waals surface area contributed by atoms with Crippen LogP contribution in [0, 0.1) is 5.41 Å². The fourth-order valence-electron chi connectivity index (χ4n) is 1.72. The number of aromatic hydroxyl groups is 2. The molecule has 0 saturated heterocycles. The first-order chi connectivity index (χ1) is 7.69. The van der Waals surface area contributed by atoms with Crippen molar-refractivity contribution in [1.82, 2.24) is 4.90 Å². The van der Waals surface area contributed by atoms with E-state index in [1.807, 2.05) is 20.8 Å². The molecule has 1 rings (SSSR count). The molecule has 0 aromatic heterocycles. The van der Waals surface area contributed by atoms with E-state index in [1.165, 1.54) is 18.2 Å². The zero-order valence-corrected chi connectivity index (χ0v) is 10.7. The molecule has 1 aromatic rings. The Balaban J connectivity index is 2.89. The van der Waals surface area contributed by atoms with Gasteiger partial charge in [-0.3, -0.25) is 4.79 Å². The minimum atomic E-state index is -0.217. The van der Waals surface area contributed by atoms with Crippen LogP contribution in [0.1, 0.15) is 31.1 Å². The molecule has 0 spiro atoms. The second kappa shape index (κ2) is 4.65. The van der Waals surface area contributed by atoms with Crippen molar-refractivity contribution in [2.45, 2.75) is 20.8 Å². The van der Waals surface area contributed by atoms with Gasteiger partial charge in [0.05, 0.1) is 0 Å². The molecule has 17 heavy (non-hydrogen) atoms. The molecule has 4 heteroatoms. The first-order valence-electron chi connectivity index (χ1n) is 5.47. The zero-order chi connectivity index (χ0) is 13.2. The zero-order valence-electron chi connectivity index (χ0n) is 10.7. The van der Waals surface area contributed by atoms with Gasteiger partial charge in [-0.1, -0.05) is 20.8 Å². The van der Waals surface area contributed by atoms with E-state index in [0.29, 0.717) is 6.54 Å². The Kier molecular flexibility index (Phi) is 3.66. The van der Waals surface area contributed by atoms with Crippen molar-refractivity contribution in [2.24, 2.45) is 5.41 Å². The van der Waals surface area contributed by atoms with Crippen LogP contribution in [0.3, 0.4) is 0 Å². The minimum Gasteiger partial charge on any atom is -0.508 e. The van der Waals surface area contributed by atoms with Crippen LogP contribution in [0.15, 0.2) is 18.2 Å². The van der Waals surface area contributed by atoms with Crippen molar-refractivity contribution in [2.75, 3.05) is 13.6 Å². The molecule has 0 fully saturated rings. The fraction of sp³-hybridized carbons (Fsp3) is 0.462. The largest absolute Gasteiger partial charge is 0.508 e. The van der Waals surface area contributed by atoms with Gasteiger partial charge < -0.3 is 15.1 Å². The molecule has 0 heterocycles. The SMILES string of the molecule is CN(CC(C)(C)C)C(=O)c1cc(O)cc(O)c1. The molecule has 0 unspecified atom stereocenters. The maximum atomic E-state index is 12.0. The molecule has 0 aliphatic heterocycles. The maximum absolute atomic E-state index is 12.0. The molecule has 0 atom stereocenters. The van der Waals surface area contributed by atoms with E-state index in [-0.39, 0.29) is 28.4 Å². The summed E-state index contributed by atoms with van der Waals surface area (Å²) in [6.07, 6.45) is 0. The van der Waals surface area contributed by atoms with E-state index >= 15 is 0 Å². The minimum absolute atomic E-state index is 0.00325. The van der Waals surface area contributed by atoms with Crippen LogP contribution >= 0.6 is 0 Å². The summed E-state index contributed by atoms with van der Waals surface area (Å²) >= 11 is 0. The Hall–Kier alpha value is -1.71. The fourth-order valence-corrected chi connectivity index (χ4v) is 1.72. The lowest BCUT2D eigenvalue weighted by Gasteiger charge is -2.26. The summed E-state index contributed by atoms with van der Waals surface area (Å²) in [6.45, 7) is 6.71. The van der Waals surface area contributed by atoms with E-state index in [0.717, 1.165) is 0 Å². The number of amides is 1. The molecule has 0 aliphatic carbocycles. The highest BCUT2D eigenvalue weighted by Crippen LogP contribution is 2.22. The van der Waals surface area contributed by atoms with Crippen LogP contribution in [0.2, 0.25) is 0 Å². The van der Waals surface area contributed by atoms with Crippen molar-refractivity contribution in [3.8, 4) is 11.5 Å². The molecule has 0 radical (unpaired) electrons. The predicted octanol–water partition coefficient (Wildman–Crippen LogP) is 2.22. The standard InChI is InChI=1S/C13H19NO3/c1-13(2,3)8-14(4)12(17)9-5-10(15)7-11(16)6-9/h5-7,15-16H,8H2,1-4H3. The van der Waals surface area contributed by atoms with Gasteiger partial charge in [0.1, 0.15) is 11.5 Å². The summed E-state index contributed by atoms with van der Waals surface area (Å²) in [5.41, 5.74) is 0.290. The number of nitrogens with zero attached hydrogens (tertiary/aromatic N) is 1. The van der Waals surface area contributed by atoms with Crippen LogP contribution < -0.4 is 0 Å². The van der Waals surface area contributed by atoms with Gasteiger partial charge in [0.2, 0.25) is 0 Å². The normalized spacial score (nSPS) is 11.3. The van der Waals surface area contributed by atoms with Gasteiger partial charge in [-0.25, -0.2) is 0 Å². The average molecular weight is 237 g/mol. The number of rotatable bonds is 2. The van der Waals surface area contributed by atoms with Crippen molar-refractivity contribution in [3.05, 3.63) is 23.8 Å². The van der Waals surface area contributed by atoms with Crippen LogP contribution in [-0.2, 0) is 0 Å². The summed E-state index contributed by atoms with van der Waals surface area (Å²) < 4.78 is 0. The quantitative estimate of drug-likeness (QED) is 0.829. The Morgan fingerprint density at radius 2 is 1.65 bits per heavy atom. The topological polar surface area (TPSA) is 60.8 Å². The van der Waals surface area contributed by atoms with Gasteiger partial charge in [-0.15, -0.1) is 0 Å². The first kappa shape index (κ1) is 13.4. The Bertz CT molecular complexity index is 401. The van der Waals surface area contributed by atoms with Crippen molar-refractivity contribution in [3.63, 3.8) is 0 Å². The molecule has 2 N–H and O–H groups in total. The summed E-state index contributed by atoms with van der Waals surface area (Å²) in [5.74, 6) is -0.443. The number of phenols is 2. The number of benzene rings is 1. The maximum Gasteiger partial charge on any atom is 0.253 e. The lowest BCUT2D eigenvalue weighted by molar-refractivity contribution is 0.0745. The smallest absolute Gasteiger partial charge is 0.253 e. The molecule has 0 bridgehead atoms. The highest BCUT2D eigenvalue weighted by atomic mass is 16.3. The molecule has 94 valence electrons. The molecular weight excluding hydrogens is 218 g/mol. The van der Waals surface area contributed by atoms with Gasteiger partial charge in [0.25, 0.3) is 5.91 Å². The number of phenolic OH excluding ortho intramolecular Hbond substituents is 2. The number of hydrogen-bond acceptors (Lipinski definition) is 3. The van der Waals surface area contributed by atoms with Crippen molar-refractivity contribution < 1.29 is 15.0 Å². The molecule has 1 amide bonds. The predicted molar refractivity (Wildman–Crippen MR) is 66.2 cm³/mol. The second-order valence-electron chi connectivity index (χ2n) is 5.46. The van der Waals surface area contributed by atoms with Crippen LogP contribution in [0.5, 0.6) is 11.5 Å². The van der Waals surface area contributed by atoms with E-state index in [2.05, 4.69) is 0 Å². The Morgan fingerprint density at radius 3 is 2.06 bits per heavy atom. The number of carbonyl (C=O) groups is 1. The highest BCUT2D eigenvalue weighted by molar-refractivity contribution is 5.94. The monoisotopic (exact) mass is 237 g/mol. The molecule has 0 saturated carbocycles. The summed E-state index contributed by atoms with van der Waals surface area (Å²) in [4.78, 5) is 13.6. The van der Waals surface area contributed by atoms with Crippen LogP contribution in [0.25, 0.3) is 0 Å². The van der Waals surface area contributed by atoms with Gasteiger partial charge >= 0.3 is 0 Å². The third-order valence-corrected chi connectivity index (χ3v) is 2.21. The number of carbonyl (C=O) groups excluding carboxylic acids is 1. The van der Waals surface area contributed by atoms with Crippen LogP contribution in [0.4, 0.5) is 0 Å². The third kappa shape index (κ3) is 3.98. The van der Waals surface area contributed by atoms with Crippen molar-refractivity contribution in [1.29, 1.82) is 0 Å². The Labute approximate surface area is 101 Å². The molecule has 0 aliphatic rings. The molecule has 4 nitrogen and oxygen atoms in total. The first-order valence-corrected chi connectivity index (χ1v) is 5.47. The lowest BCUT2D eigenvalue weighted by Crippen LogP contribution is -2.34. The van der Waals surface area contributed by atoms with Gasteiger partial charge in [0, 0.05) is 25.2 Å². The van der Waals surface area contributed by atoms with E-state index in [9.17, 15) is 15.0 Å². The summed E-state index contributed by atoms with van der Waals surface area (Å²) in [7, 11) is 1.70. The second-order valence-corrected chi connectivity index (χ2v) is 5.46. The van der Waals surface area contributed by atoms with Gasteiger partial charge in [0.15, 0.2) is 0 Å².